The fraction of sp³-hybridized carbons (Fsp3) is 0.550. The van der Waals surface area contributed by atoms with Gasteiger partial charge in [-0.15, -0.1) is 0 Å². The first-order valence-electron chi connectivity index (χ1n) is 8.93. The predicted molar refractivity (Wildman–Crippen MR) is 95.0 cm³/mol. The molecule has 0 saturated heterocycles. The Bertz CT molecular complexity index is 482. The third kappa shape index (κ3) is 5.67. The molecule has 22 heavy (non-hydrogen) atoms. The Morgan fingerprint density at radius 1 is 1.00 bits per heavy atom. The van der Waals surface area contributed by atoms with Crippen molar-refractivity contribution in [3.63, 3.8) is 0 Å². The quantitative estimate of drug-likeness (QED) is 0.373. The largest absolute Gasteiger partial charge is 0.324 e. The summed E-state index contributed by atoms with van der Waals surface area (Å²) in [6.07, 6.45) is 28.9. The molecule has 2 heteroatoms. The van der Waals surface area contributed by atoms with Gasteiger partial charge in [0.1, 0.15) is 5.82 Å². The lowest BCUT2D eigenvalue weighted by atomic mass is 10.1. The Morgan fingerprint density at radius 3 is 2.55 bits per heavy atom. The summed E-state index contributed by atoms with van der Waals surface area (Å²) in [5.41, 5.74) is 0. The van der Waals surface area contributed by atoms with E-state index in [1.54, 1.807) is 0 Å². The third-order valence-electron chi connectivity index (χ3n) is 4.22. The molecule has 0 bridgehead atoms. The van der Waals surface area contributed by atoms with Gasteiger partial charge in [0.2, 0.25) is 0 Å². The number of imidazole rings is 1. The van der Waals surface area contributed by atoms with Crippen LogP contribution in [0, 0.1) is 0 Å². The molecular weight excluding hydrogens is 268 g/mol. The van der Waals surface area contributed by atoms with Crippen LogP contribution in [0.25, 0.3) is 0 Å². The second kappa shape index (κ2) is 10.2. The highest BCUT2D eigenvalue weighted by Gasteiger charge is 2.09. The van der Waals surface area contributed by atoms with Crippen LogP contribution in [0.3, 0.4) is 0 Å². The summed E-state index contributed by atoms with van der Waals surface area (Å²) >= 11 is 0. The van der Waals surface area contributed by atoms with Crippen LogP contribution in [0.2, 0.25) is 0 Å². The Hall–Kier alpha value is -1.57. The van der Waals surface area contributed by atoms with Crippen molar-refractivity contribution in [3.05, 3.63) is 54.7 Å². The minimum Gasteiger partial charge on any atom is -0.324 e. The first-order valence-corrected chi connectivity index (χ1v) is 8.93. The summed E-state index contributed by atoms with van der Waals surface area (Å²) in [7, 11) is 0. The lowest BCUT2D eigenvalue weighted by Gasteiger charge is -2.11. The lowest BCUT2D eigenvalue weighted by Crippen LogP contribution is -2.06. The van der Waals surface area contributed by atoms with Gasteiger partial charge in [0.15, 0.2) is 0 Å². The van der Waals surface area contributed by atoms with Crippen molar-refractivity contribution in [2.45, 2.75) is 70.8 Å². The first kappa shape index (κ1) is 16.8. The number of hydrogen-bond donors (Lipinski definition) is 0. The molecule has 1 aliphatic carbocycles. The van der Waals surface area contributed by atoms with Crippen LogP contribution in [-0.4, -0.2) is 9.55 Å². The van der Waals surface area contributed by atoms with E-state index in [4.69, 9.17) is 0 Å². The van der Waals surface area contributed by atoms with Gasteiger partial charge in [0.25, 0.3) is 0 Å². The maximum Gasteiger partial charge on any atom is 0.109 e. The highest BCUT2D eigenvalue weighted by molar-refractivity contribution is 5.21. The van der Waals surface area contributed by atoms with E-state index in [2.05, 4.69) is 59.1 Å². The maximum atomic E-state index is 4.50. The van der Waals surface area contributed by atoms with Crippen LogP contribution < -0.4 is 0 Å². The highest BCUT2D eigenvalue weighted by Crippen LogP contribution is 2.18. The van der Waals surface area contributed by atoms with Crippen LogP contribution in [0.4, 0.5) is 0 Å². The minimum absolute atomic E-state index is 0.365. The molecule has 0 saturated carbocycles. The SMILES string of the molecule is CCCCCCCCC=CCCc1nccn1C1C=CC=C1. The lowest BCUT2D eigenvalue weighted by molar-refractivity contribution is 0.611. The molecule has 0 aromatic carbocycles. The summed E-state index contributed by atoms with van der Waals surface area (Å²) in [5, 5.41) is 0. The van der Waals surface area contributed by atoms with Crippen molar-refractivity contribution >= 4 is 0 Å². The van der Waals surface area contributed by atoms with Gasteiger partial charge in [-0.25, -0.2) is 4.98 Å². The van der Waals surface area contributed by atoms with E-state index in [1.165, 1.54) is 50.8 Å². The molecule has 1 aromatic rings. The van der Waals surface area contributed by atoms with Crippen LogP contribution in [0.15, 0.2) is 48.8 Å². The first-order chi connectivity index (χ1) is 10.9. The second-order valence-electron chi connectivity index (χ2n) is 6.08. The van der Waals surface area contributed by atoms with E-state index in [-0.39, 0.29) is 0 Å². The molecule has 0 fully saturated rings. The van der Waals surface area contributed by atoms with Crippen molar-refractivity contribution in [2.75, 3.05) is 0 Å². The Labute approximate surface area is 135 Å². The molecule has 0 unspecified atom stereocenters. The number of nitrogens with zero attached hydrogens (tertiary/aromatic N) is 2. The van der Waals surface area contributed by atoms with Crippen LogP contribution in [-0.2, 0) is 6.42 Å². The summed E-state index contributed by atoms with van der Waals surface area (Å²) in [5.74, 6) is 1.19. The van der Waals surface area contributed by atoms with Gasteiger partial charge in [-0.05, 0) is 19.3 Å². The van der Waals surface area contributed by atoms with Gasteiger partial charge in [0, 0.05) is 18.8 Å². The highest BCUT2D eigenvalue weighted by atomic mass is 15.1. The predicted octanol–water partition coefficient (Wildman–Crippen LogP) is 5.79. The van der Waals surface area contributed by atoms with E-state index in [1.807, 2.05) is 6.20 Å². The molecule has 1 aliphatic rings. The number of aromatic nitrogens is 2. The van der Waals surface area contributed by atoms with E-state index in [0.29, 0.717) is 6.04 Å². The summed E-state index contributed by atoms with van der Waals surface area (Å²) < 4.78 is 2.27. The Kier molecular flexibility index (Phi) is 7.79. The van der Waals surface area contributed by atoms with Crippen molar-refractivity contribution in [2.24, 2.45) is 0 Å². The summed E-state index contributed by atoms with van der Waals surface area (Å²) in [6.45, 7) is 2.27. The summed E-state index contributed by atoms with van der Waals surface area (Å²) in [6, 6.07) is 0.365. The molecule has 0 amide bonds. The Morgan fingerprint density at radius 2 is 1.73 bits per heavy atom. The molecule has 0 N–H and O–H groups in total. The fourth-order valence-electron chi connectivity index (χ4n) is 2.91. The van der Waals surface area contributed by atoms with Gasteiger partial charge in [-0.3, -0.25) is 0 Å². The molecule has 2 nitrogen and oxygen atoms in total. The number of allylic oxidation sites excluding steroid dienone is 6. The van der Waals surface area contributed by atoms with Crippen LogP contribution in [0.5, 0.6) is 0 Å². The van der Waals surface area contributed by atoms with Gasteiger partial charge < -0.3 is 4.57 Å². The average Bonchev–Trinajstić information content (AvgIpc) is 3.19. The van der Waals surface area contributed by atoms with Gasteiger partial charge in [-0.2, -0.15) is 0 Å². The monoisotopic (exact) mass is 298 g/mol. The standard InChI is InChI=1S/C20H30N2/c1-2-3-4-5-6-7-8-9-10-11-16-20-21-17-18-22(20)19-14-12-13-15-19/h9-10,12-15,17-19H,2-8,11,16H2,1H3. The second-order valence-corrected chi connectivity index (χ2v) is 6.08. The molecule has 120 valence electrons. The Balaban J connectivity index is 1.59. The van der Waals surface area contributed by atoms with Crippen molar-refractivity contribution in [1.82, 2.24) is 9.55 Å². The zero-order valence-corrected chi connectivity index (χ0v) is 14.0. The van der Waals surface area contributed by atoms with Crippen molar-refractivity contribution in [3.8, 4) is 0 Å². The molecular formula is C20H30N2. The van der Waals surface area contributed by atoms with Gasteiger partial charge in [-0.1, -0.05) is 75.5 Å². The van der Waals surface area contributed by atoms with Crippen molar-refractivity contribution in [1.29, 1.82) is 0 Å². The normalized spacial score (nSPS) is 14.6. The molecule has 0 radical (unpaired) electrons. The zero-order chi connectivity index (χ0) is 15.5. The molecule has 0 atom stereocenters. The number of unbranched alkanes of at least 4 members (excludes halogenated alkanes) is 6. The minimum atomic E-state index is 0.365. The molecule has 1 heterocycles. The third-order valence-corrected chi connectivity index (χ3v) is 4.22. The van der Waals surface area contributed by atoms with Gasteiger partial charge >= 0.3 is 0 Å². The van der Waals surface area contributed by atoms with Crippen LogP contribution in [0.1, 0.15) is 70.2 Å². The van der Waals surface area contributed by atoms with Crippen LogP contribution >= 0.6 is 0 Å². The van der Waals surface area contributed by atoms with E-state index < -0.39 is 0 Å². The number of hydrogen-bond acceptors (Lipinski definition) is 1. The smallest absolute Gasteiger partial charge is 0.109 e. The summed E-state index contributed by atoms with van der Waals surface area (Å²) in [4.78, 5) is 4.50. The maximum absolute atomic E-state index is 4.50. The molecule has 2 rings (SSSR count). The van der Waals surface area contributed by atoms with Crippen molar-refractivity contribution < 1.29 is 0 Å². The van der Waals surface area contributed by atoms with E-state index >= 15 is 0 Å². The molecule has 0 aliphatic heterocycles. The van der Waals surface area contributed by atoms with E-state index in [0.717, 1.165) is 12.8 Å². The van der Waals surface area contributed by atoms with E-state index in [9.17, 15) is 0 Å². The zero-order valence-electron chi connectivity index (χ0n) is 14.0. The fourth-order valence-corrected chi connectivity index (χ4v) is 2.91. The molecule has 1 aromatic heterocycles. The molecule has 0 spiro atoms. The average molecular weight is 298 g/mol. The number of rotatable bonds is 11. The van der Waals surface area contributed by atoms with Gasteiger partial charge in [0.05, 0.1) is 6.04 Å². The topological polar surface area (TPSA) is 17.8 Å². The number of aryl methyl sites for hydroxylation is 1.